The van der Waals surface area contributed by atoms with Crippen molar-refractivity contribution in [3.05, 3.63) is 0 Å². The summed E-state index contributed by atoms with van der Waals surface area (Å²) in [7, 11) is 0. The summed E-state index contributed by atoms with van der Waals surface area (Å²) in [5.74, 6) is 0. The number of nitrogens with two attached hydrogens (primary N) is 1. The van der Waals surface area contributed by atoms with Gasteiger partial charge in [-0.3, -0.25) is 0 Å². The molecule has 4 nitrogen and oxygen atoms in total. The van der Waals surface area contributed by atoms with Gasteiger partial charge < -0.3 is 21.3 Å². The summed E-state index contributed by atoms with van der Waals surface area (Å²) in [6.07, 6.45) is 0.362. The Morgan fingerprint density at radius 1 is 1.42 bits per heavy atom. The van der Waals surface area contributed by atoms with Crippen LogP contribution in [0, 0.1) is 0 Å². The number of hydrogen-bond acceptors (Lipinski definition) is 4. The van der Waals surface area contributed by atoms with Crippen molar-refractivity contribution < 1.29 is 10.2 Å². The van der Waals surface area contributed by atoms with Gasteiger partial charge in [-0.2, -0.15) is 0 Å². The molecular formula is C8H20N2O2. The molecule has 0 aliphatic carbocycles. The fourth-order valence-corrected chi connectivity index (χ4v) is 1.18. The molecule has 0 aromatic rings. The molecule has 3 unspecified atom stereocenters. The van der Waals surface area contributed by atoms with Gasteiger partial charge in [0.25, 0.3) is 0 Å². The van der Waals surface area contributed by atoms with Crippen LogP contribution < -0.4 is 11.1 Å². The maximum atomic E-state index is 9.05. The standard InChI is InChI=1S/C8H20N2O2/c1-6(3-7(2)12)10-8(4-9)5-11/h6-8,10-12H,3-5,9H2,1-2H3. The second-order valence-electron chi connectivity index (χ2n) is 3.27. The zero-order chi connectivity index (χ0) is 9.56. The second-order valence-corrected chi connectivity index (χ2v) is 3.27. The van der Waals surface area contributed by atoms with Crippen LogP contribution in [0.15, 0.2) is 0 Å². The molecule has 0 aliphatic rings. The molecule has 0 bridgehead atoms. The SMILES string of the molecule is CC(O)CC(C)NC(CN)CO. The normalized spacial score (nSPS) is 18.8. The van der Waals surface area contributed by atoms with E-state index >= 15 is 0 Å². The molecule has 0 fully saturated rings. The van der Waals surface area contributed by atoms with E-state index in [2.05, 4.69) is 5.32 Å². The molecule has 74 valence electrons. The Kier molecular flexibility index (Phi) is 6.28. The molecule has 0 aliphatic heterocycles. The zero-order valence-corrected chi connectivity index (χ0v) is 7.83. The molecule has 0 aromatic carbocycles. The smallest absolute Gasteiger partial charge is 0.0597 e. The van der Waals surface area contributed by atoms with E-state index in [1.54, 1.807) is 6.92 Å². The van der Waals surface area contributed by atoms with Crippen molar-refractivity contribution in [2.24, 2.45) is 5.73 Å². The summed E-state index contributed by atoms with van der Waals surface area (Å²) >= 11 is 0. The van der Waals surface area contributed by atoms with Gasteiger partial charge in [0, 0.05) is 18.6 Å². The predicted molar refractivity (Wildman–Crippen MR) is 48.8 cm³/mol. The monoisotopic (exact) mass is 176 g/mol. The highest BCUT2D eigenvalue weighted by atomic mass is 16.3. The Balaban J connectivity index is 3.58. The van der Waals surface area contributed by atoms with Crippen molar-refractivity contribution in [1.29, 1.82) is 0 Å². The molecule has 0 rings (SSSR count). The number of aliphatic hydroxyl groups is 2. The Hall–Kier alpha value is -0.160. The first-order valence-corrected chi connectivity index (χ1v) is 4.35. The first-order valence-electron chi connectivity index (χ1n) is 4.35. The number of aliphatic hydroxyl groups excluding tert-OH is 2. The first-order chi connectivity index (χ1) is 5.60. The van der Waals surface area contributed by atoms with E-state index in [-0.39, 0.29) is 24.8 Å². The van der Waals surface area contributed by atoms with Gasteiger partial charge in [0.15, 0.2) is 0 Å². The zero-order valence-electron chi connectivity index (χ0n) is 7.83. The third kappa shape index (κ3) is 5.49. The summed E-state index contributed by atoms with van der Waals surface area (Å²) in [4.78, 5) is 0. The predicted octanol–water partition coefficient (Wildman–Crippen LogP) is -0.945. The summed E-state index contributed by atoms with van der Waals surface area (Å²) in [5.41, 5.74) is 5.38. The van der Waals surface area contributed by atoms with Crippen LogP contribution in [0.5, 0.6) is 0 Å². The van der Waals surface area contributed by atoms with Crippen LogP contribution in [0.1, 0.15) is 20.3 Å². The van der Waals surface area contributed by atoms with Crippen LogP contribution in [0.4, 0.5) is 0 Å². The lowest BCUT2D eigenvalue weighted by atomic mass is 10.1. The van der Waals surface area contributed by atoms with Crippen LogP contribution in [0.25, 0.3) is 0 Å². The van der Waals surface area contributed by atoms with Crippen LogP contribution in [-0.4, -0.2) is 41.6 Å². The minimum absolute atomic E-state index is 0.0423. The van der Waals surface area contributed by atoms with Gasteiger partial charge in [0.1, 0.15) is 0 Å². The number of nitrogens with one attached hydrogen (secondary N) is 1. The highest BCUT2D eigenvalue weighted by Crippen LogP contribution is 1.97. The van der Waals surface area contributed by atoms with Crippen molar-refractivity contribution in [2.45, 2.75) is 38.5 Å². The maximum absolute atomic E-state index is 9.05. The van der Waals surface area contributed by atoms with Crippen molar-refractivity contribution in [3.63, 3.8) is 0 Å². The topological polar surface area (TPSA) is 78.5 Å². The Morgan fingerprint density at radius 2 is 2.00 bits per heavy atom. The fraction of sp³-hybridized carbons (Fsp3) is 1.00. The van der Waals surface area contributed by atoms with Crippen molar-refractivity contribution >= 4 is 0 Å². The summed E-state index contributed by atoms with van der Waals surface area (Å²) < 4.78 is 0. The van der Waals surface area contributed by atoms with E-state index in [0.717, 1.165) is 0 Å². The third-order valence-corrected chi connectivity index (χ3v) is 1.72. The van der Waals surface area contributed by atoms with E-state index in [1.165, 1.54) is 0 Å². The second kappa shape index (κ2) is 6.37. The molecule has 0 aromatic heterocycles. The van der Waals surface area contributed by atoms with Crippen LogP contribution in [0.2, 0.25) is 0 Å². The Bertz CT molecular complexity index is 105. The highest BCUT2D eigenvalue weighted by molar-refractivity contribution is 4.72. The van der Waals surface area contributed by atoms with Crippen molar-refractivity contribution in [1.82, 2.24) is 5.32 Å². The minimum atomic E-state index is -0.315. The van der Waals surface area contributed by atoms with Crippen molar-refractivity contribution in [3.8, 4) is 0 Å². The van der Waals surface area contributed by atoms with Crippen molar-refractivity contribution in [2.75, 3.05) is 13.2 Å². The molecule has 0 radical (unpaired) electrons. The number of hydrogen-bond donors (Lipinski definition) is 4. The van der Waals surface area contributed by atoms with E-state index < -0.39 is 0 Å². The van der Waals surface area contributed by atoms with Crippen LogP contribution in [-0.2, 0) is 0 Å². The molecule has 4 heteroatoms. The Morgan fingerprint density at radius 3 is 2.33 bits per heavy atom. The van der Waals surface area contributed by atoms with Crippen LogP contribution in [0.3, 0.4) is 0 Å². The van der Waals surface area contributed by atoms with Gasteiger partial charge in [-0.15, -0.1) is 0 Å². The molecule has 0 saturated carbocycles. The average molecular weight is 176 g/mol. The minimum Gasteiger partial charge on any atom is -0.395 e. The largest absolute Gasteiger partial charge is 0.395 e. The molecule has 0 saturated heterocycles. The molecule has 0 amide bonds. The molecular weight excluding hydrogens is 156 g/mol. The van der Waals surface area contributed by atoms with Gasteiger partial charge in [0.05, 0.1) is 12.7 Å². The van der Waals surface area contributed by atoms with Gasteiger partial charge in [-0.25, -0.2) is 0 Å². The Labute approximate surface area is 73.8 Å². The maximum Gasteiger partial charge on any atom is 0.0597 e. The number of rotatable bonds is 6. The molecule has 5 N–H and O–H groups in total. The van der Waals surface area contributed by atoms with Gasteiger partial charge in [0.2, 0.25) is 0 Å². The first kappa shape index (κ1) is 11.8. The van der Waals surface area contributed by atoms with E-state index in [9.17, 15) is 0 Å². The van der Waals surface area contributed by atoms with E-state index in [1.807, 2.05) is 6.92 Å². The molecule has 0 heterocycles. The lowest BCUT2D eigenvalue weighted by molar-refractivity contribution is 0.161. The fourth-order valence-electron chi connectivity index (χ4n) is 1.18. The quantitative estimate of drug-likeness (QED) is 0.421. The summed E-state index contributed by atoms with van der Waals surface area (Å²) in [5, 5.41) is 21.0. The van der Waals surface area contributed by atoms with Crippen LogP contribution >= 0.6 is 0 Å². The van der Waals surface area contributed by atoms with Gasteiger partial charge in [-0.05, 0) is 20.3 Å². The lowest BCUT2D eigenvalue weighted by Crippen LogP contribution is -2.44. The molecule has 3 atom stereocenters. The molecule has 12 heavy (non-hydrogen) atoms. The summed E-state index contributed by atoms with van der Waals surface area (Å²) in [6, 6.07) is 0.129. The summed E-state index contributed by atoms with van der Waals surface area (Å²) in [6.45, 7) is 4.17. The van der Waals surface area contributed by atoms with Gasteiger partial charge in [-0.1, -0.05) is 0 Å². The van der Waals surface area contributed by atoms with E-state index in [4.69, 9.17) is 15.9 Å². The highest BCUT2D eigenvalue weighted by Gasteiger charge is 2.10. The average Bonchev–Trinajstić information content (AvgIpc) is 1.98. The third-order valence-electron chi connectivity index (χ3n) is 1.72. The van der Waals surface area contributed by atoms with E-state index in [0.29, 0.717) is 13.0 Å². The molecule has 0 spiro atoms. The lowest BCUT2D eigenvalue weighted by Gasteiger charge is -2.21. The van der Waals surface area contributed by atoms with Gasteiger partial charge >= 0.3 is 0 Å².